The number of nitrogens with zero attached hydrogens (tertiary/aromatic N) is 3. The SMILES string of the molecule is Cc1ccc(CN(I)I)cc1.Cn1ccn(CC2CC2)[c]1=[Pt]. The molecule has 0 amide bonds. The zero-order valence-corrected chi connectivity index (χ0v) is 19.4. The third kappa shape index (κ3) is 6.57. The van der Waals surface area contributed by atoms with Gasteiger partial charge in [0.15, 0.2) is 0 Å². The molecule has 0 spiro atoms. The van der Waals surface area contributed by atoms with E-state index in [4.69, 9.17) is 0 Å². The van der Waals surface area contributed by atoms with Crippen LogP contribution in [0.15, 0.2) is 36.7 Å². The number of aromatic nitrogens is 2. The van der Waals surface area contributed by atoms with E-state index in [2.05, 4.69) is 126 Å². The van der Waals surface area contributed by atoms with E-state index in [0.717, 1.165) is 12.5 Å². The third-order valence-electron chi connectivity index (χ3n) is 3.53. The van der Waals surface area contributed by atoms with Crippen LogP contribution in [-0.2, 0) is 39.5 Å². The summed E-state index contributed by atoms with van der Waals surface area (Å²) in [4.78, 5) is 0. The van der Waals surface area contributed by atoms with Gasteiger partial charge in [-0.1, -0.05) is 29.8 Å². The Bertz CT molecular complexity index is 642. The molecular formula is C16H21I2N3Pt. The van der Waals surface area contributed by atoms with Crippen molar-refractivity contribution >= 4 is 45.7 Å². The molecule has 1 aromatic heterocycles. The number of hydrogen-bond acceptors (Lipinski definition) is 1. The Kier molecular flexibility index (Phi) is 7.83. The molecule has 0 aliphatic heterocycles. The van der Waals surface area contributed by atoms with Crippen molar-refractivity contribution in [2.75, 3.05) is 0 Å². The van der Waals surface area contributed by atoms with Crippen LogP contribution in [0.4, 0.5) is 0 Å². The molecule has 1 saturated carbocycles. The van der Waals surface area contributed by atoms with Crippen LogP contribution in [0.5, 0.6) is 0 Å². The van der Waals surface area contributed by atoms with Crippen LogP contribution in [0.2, 0.25) is 0 Å². The van der Waals surface area contributed by atoms with E-state index in [-0.39, 0.29) is 0 Å². The van der Waals surface area contributed by atoms with Crippen LogP contribution in [0.1, 0.15) is 24.0 Å². The second-order valence-corrected chi connectivity index (χ2v) is 10.9. The summed E-state index contributed by atoms with van der Waals surface area (Å²) in [6.45, 7) is 4.33. The molecule has 0 N–H and O–H groups in total. The van der Waals surface area contributed by atoms with Crippen molar-refractivity contribution in [1.82, 2.24) is 10.5 Å². The van der Waals surface area contributed by atoms with E-state index in [1.54, 1.807) is 0 Å². The summed E-state index contributed by atoms with van der Waals surface area (Å²) in [5, 5.41) is 0. The molecule has 0 unspecified atom stereocenters. The first-order valence-corrected chi connectivity index (χ1v) is 10.3. The van der Waals surface area contributed by atoms with Gasteiger partial charge in [-0.3, -0.25) is 0 Å². The fourth-order valence-corrected chi connectivity index (χ4v) is 3.37. The fourth-order valence-electron chi connectivity index (χ4n) is 2.04. The topological polar surface area (TPSA) is 13.1 Å². The van der Waals surface area contributed by atoms with Crippen LogP contribution >= 0.6 is 45.7 Å². The van der Waals surface area contributed by atoms with Gasteiger partial charge in [0.2, 0.25) is 0 Å². The van der Waals surface area contributed by atoms with E-state index in [1.165, 1.54) is 34.3 Å². The normalized spacial score (nSPS) is 14.0. The van der Waals surface area contributed by atoms with E-state index in [1.807, 2.05) is 0 Å². The average molecular weight is 704 g/mol. The first-order chi connectivity index (χ1) is 10.5. The second-order valence-electron chi connectivity index (χ2n) is 5.69. The molecule has 2 aromatic rings. The quantitative estimate of drug-likeness (QED) is 0.329. The molecule has 6 heteroatoms. The monoisotopic (exact) mass is 704 g/mol. The summed E-state index contributed by atoms with van der Waals surface area (Å²) >= 11 is 6.92. The van der Waals surface area contributed by atoms with Crippen molar-refractivity contribution in [3.63, 3.8) is 0 Å². The van der Waals surface area contributed by atoms with Crippen molar-refractivity contribution in [2.24, 2.45) is 13.0 Å². The molecule has 1 aliphatic carbocycles. The Morgan fingerprint density at radius 3 is 2.27 bits per heavy atom. The van der Waals surface area contributed by atoms with Gasteiger partial charge in [-0.15, -0.1) is 0 Å². The molecule has 22 heavy (non-hydrogen) atoms. The summed E-state index contributed by atoms with van der Waals surface area (Å²) in [6, 6.07) is 8.62. The van der Waals surface area contributed by atoms with Gasteiger partial charge >= 0.3 is 77.0 Å². The van der Waals surface area contributed by atoms with Crippen LogP contribution in [0.25, 0.3) is 0 Å². The van der Waals surface area contributed by atoms with Crippen molar-refractivity contribution in [1.29, 1.82) is 0 Å². The Morgan fingerprint density at radius 1 is 1.18 bits per heavy atom. The molecule has 124 valence electrons. The molecule has 1 aromatic carbocycles. The number of rotatable bonds is 4. The van der Waals surface area contributed by atoms with Crippen molar-refractivity contribution in [3.8, 4) is 0 Å². The van der Waals surface area contributed by atoms with Crippen LogP contribution in [0.3, 0.4) is 0 Å². The zero-order chi connectivity index (χ0) is 16.1. The van der Waals surface area contributed by atoms with Crippen LogP contribution in [0, 0.1) is 16.6 Å². The maximum atomic E-state index is 2.37. The minimum absolute atomic E-state index is 0.969. The van der Waals surface area contributed by atoms with Gasteiger partial charge in [-0.05, 0) is 12.5 Å². The predicted octanol–water partition coefficient (Wildman–Crippen LogP) is 4.81. The maximum absolute atomic E-state index is 2.37. The van der Waals surface area contributed by atoms with E-state index in [0.29, 0.717) is 0 Å². The molecule has 1 aliphatic rings. The van der Waals surface area contributed by atoms with Crippen molar-refractivity contribution < 1.29 is 19.4 Å². The Labute approximate surface area is 171 Å². The molecular weight excluding hydrogens is 683 g/mol. The van der Waals surface area contributed by atoms with Crippen molar-refractivity contribution in [2.45, 2.75) is 32.9 Å². The van der Waals surface area contributed by atoms with Gasteiger partial charge in [0.1, 0.15) is 0 Å². The fraction of sp³-hybridized carbons (Fsp3) is 0.438. The minimum atomic E-state index is 0.969. The Morgan fingerprint density at radius 2 is 1.82 bits per heavy atom. The molecule has 3 rings (SSSR count). The van der Waals surface area contributed by atoms with Gasteiger partial charge in [-0.25, -0.2) is 0 Å². The summed E-state index contributed by atoms with van der Waals surface area (Å²) in [5.41, 5.74) is 2.68. The van der Waals surface area contributed by atoms with E-state index < -0.39 is 0 Å². The molecule has 1 fully saturated rings. The van der Waals surface area contributed by atoms with Gasteiger partial charge in [0, 0.05) is 52.3 Å². The average Bonchev–Trinajstić information content (AvgIpc) is 3.23. The Hall–Kier alpha value is 0.538. The summed E-state index contributed by atoms with van der Waals surface area (Å²) in [7, 11) is 2.09. The molecule has 0 bridgehead atoms. The number of hydrogen-bond donors (Lipinski definition) is 0. The Balaban J connectivity index is 0.000000160. The van der Waals surface area contributed by atoms with Gasteiger partial charge < -0.3 is 0 Å². The van der Waals surface area contributed by atoms with Gasteiger partial charge in [0.25, 0.3) is 0 Å². The van der Waals surface area contributed by atoms with E-state index in [9.17, 15) is 0 Å². The summed E-state index contributed by atoms with van der Waals surface area (Å²) in [6.07, 6.45) is 7.14. The molecule has 0 saturated heterocycles. The van der Waals surface area contributed by atoms with E-state index >= 15 is 0 Å². The number of aryl methyl sites for hydroxylation is 2. The number of imidazole rings is 1. The van der Waals surface area contributed by atoms with Crippen molar-refractivity contribution in [3.05, 3.63) is 51.6 Å². The molecule has 1 heterocycles. The first kappa shape index (κ1) is 18.9. The summed E-state index contributed by atoms with van der Waals surface area (Å²) < 4.78 is 7.93. The number of halogens is 2. The van der Waals surface area contributed by atoms with Gasteiger partial charge in [0.05, 0.1) is 0 Å². The predicted molar refractivity (Wildman–Crippen MR) is 104 cm³/mol. The molecule has 0 atom stereocenters. The zero-order valence-electron chi connectivity index (χ0n) is 12.8. The first-order valence-electron chi connectivity index (χ1n) is 7.27. The summed E-state index contributed by atoms with van der Waals surface area (Å²) in [5.74, 6) is 0.969. The van der Waals surface area contributed by atoms with Gasteiger partial charge in [-0.2, -0.15) is 1.33 Å². The molecule has 0 radical (unpaired) electrons. The standard InChI is InChI=1S/C8H9I2N.C8H12N2.Pt/c1-7-2-4-8(5-3-7)6-11(9)10;1-9-4-5-10(7-9)6-8-2-3-8;/h2-5H,6H2,1H3;4-5,8H,2-3,6H2,1H3;. The number of benzene rings is 1. The van der Waals surface area contributed by atoms with Crippen LogP contribution in [-0.4, -0.2) is 10.5 Å². The molecule has 3 nitrogen and oxygen atoms in total. The second kappa shape index (κ2) is 9.13. The van der Waals surface area contributed by atoms with Crippen LogP contribution < -0.4 is 0 Å². The third-order valence-corrected chi connectivity index (χ3v) is 5.67.